The number of likely N-dealkylation sites (N-methyl/N-ethyl adjacent to an activating group) is 1. The van der Waals surface area contributed by atoms with Gasteiger partial charge in [0, 0.05) is 25.2 Å². The second kappa shape index (κ2) is 12.3. The average molecular weight is 539 g/mol. The lowest BCUT2D eigenvalue weighted by molar-refractivity contribution is -0.384. The molecule has 0 heterocycles. The maximum atomic E-state index is 13.8. The first-order valence-electron chi connectivity index (χ1n) is 12.0. The molecule has 3 aromatic rings. The highest BCUT2D eigenvalue weighted by Gasteiger charge is 2.33. The van der Waals surface area contributed by atoms with E-state index in [1.165, 1.54) is 35.2 Å². The minimum atomic E-state index is -4.30. The normalized spacial score (nSPS) is 11.9. The predicted octanol–water partition coefficient (Wildman–Crippen LogP) is 3.65. The number of nitro benzene ring substituents is 1. The molecule has 38 heavy (non-hydrogen) atoms. The monoisotopic (exact) mass is 538 g/mol. The summed E-state index contributed by atoms with van der Waals surface area (Å²) >= 11 is 0. The lowest BCUT2D eigenvalue weighted by Gasteiger charge is -2.32. The number of hydrogen-bond acceptors (Lipinski definition) is 6. The van der Waals surface area contributed by atoms with Crippen molar-refractivity contribution in [1.29, 1.82) is 0 Å². The van der Waals surface area contributed by atoms with Crippen molar-refractivity contribution in [2.24, 2.45) is 0 Å². The molecule has 1 N–H and O–H groups in total. The number of rotatable bonds is 11. The van der Waals surface area contributed by atoms with Crippen LogP contribution in [0.2, 0.25) is 0 Å². The van der Waals surface area contributed by atoms with Crippen LogP contribution in [-0.2, 0) is 26.2 Å². The van der Waals surface area contributed by atoms with E-state index in [-0.39, 0.29) is 28.7 Å². The molecule has 0 aromatic heterocycles. The number of nitrogens with one attached hydrogen (secondary N) is 1. The van der Waals surface area contributed by atoms with Crippen molar-refractivity contribution in [2.75, 3.05) is 17.4 Å². The molecule has 3 rings (SSSR count). The van der Waals surface area contributed by atoms with Gasteiger partial charge in [-0.1, -0.05) is 48.5 Å². The number of anilines is 1. The van der Waals surface area contributed by atoms with E-state index in [1.807, 2.05) is 31.2 Å². The first-order chi connectivity index (χ1) is 18.1. The summed E-state index contributed by atoms with van der Waals surface area (Å²) in [6.45, 7) is 4.97. The molecule has 0 aliphatic heterocycles. The van der Waals surface area contributed by atoms with Crippen LogP contribution in [0.1, 0.15) is 25.0 Å². The molecule has 0 bridgehead atoms. The lowest BCUT2D eigenvalue weighted by atomic mass is 10.1. The third kappa shape index (κ3) is 6.54. The van der Waals surface area contributed by atoms with Crippen LogP contribution in [-0.4, -0.2) is 49.2 Å². The van der Waals surface area contributed by atoms with Crippen LogP contribution in [0.25, 0.3) is 0 Å². The molecule has 0 aliphatic rings. The molecule has 0 saturated carbocycles. The van der Waals surface area contributed by atoms with Crippen LogP contribution in [0, 0.1) is 17.0 Å². The molecule has 3 aromatic carbocycles. The number of hydrogen-bond donors (Lipinski definition) is 1. The Bertz CT molecular complexity index is 1410. The maximum absolute atomic E-state index is 13.8. The molecule has 10 nitrogen and oxygen atoms in total. The molecular weight excluding hydrogens is 508 g/mol. The molecule has 0 aliphatic carbocycles. The van der Waals surface area contributed by atoms with E-state index in [2.05, 4.69) is 5.32 Å². The van der Waals surface area contributed by atoms with Crippen molar-refractivity contribution in [3.8, 4) is 0 Å². The summed E-state index contributed by atoms with van der Waals surface area (Å²) in [6.07, 6.45) is 0. The van der Waals surface area contributed by atoms with Crippen molar-refractivity contribution in [2.45, 2.75) is 38.3 Å². The Kier molecular flexibility index (Phi) is 9.19. The maximum Gasteiger partial charge on any atom is 0.271 e. The fourth-order valence-electron chi connectivity index (χ4n) is 3.89. The topological polar surface area (TPSA) is 130 Å². The van der Waals surface area contributed by atoms with Crippen molar-refractivity contribution >= 4 is 33.2 Å². The second-order valence-corrected chi connectivity index (χ2v) is 10.5. The first-order valence-corrected chi connectivity index (χ1v) is 13.4. The van der Waals surface area contributed by atoms with Crippen molar-refractivity contribution in [3.63, 3.8) is 0 Å². The van der Waals surface area contributed by atoms with E-state index >= 15 is 0 Å². The molecule has 0 radical (unpaired) electrons. The minimum absolute atomic E-state index is 0.0436. The van der Waals surface area contributed by atoms with Crippen LogP contribution >= 0.6 is 0 Å². The second-order valence-electron chi connectivity index (χ2n) is 8.62. The van der Waals surface area contributed by atoms with Gasteiger partial charge in [-0.05, 0) is 50.1 Å². The molecule has 2 amide bonds. The first kappa shape index (κ1) is 28.3. The van der Waals surface area contributed by atoms with Gasteiger partial charge < -0.3 is 10.2 Å². The van der Waals surface area contributed by atoms with E-state index in [1.54, 1.807) is 32.0 Å². The number of carbonyl (C=O) groups is 2. The number of aryl methyl sites for hydroxylation is 1. The van der Waals surface area contributed by atoms with Crippen LogP contribution in [0.15, 0.2) is 83.8 Å². The summed E-state index contributed by atoms with van der Waals surface area (Å²) in [6, 6.07) is 19.1. The summed E-state index contributed by atoms with van der Waals surface area (Å²) in [5, 5.41) is 14.1. The molecule has 0 unspecified atom stereocenters. The highest BCUT2D eigenvalue weighted by Crippen LogP contribution is 2.27. The Labute approximate surface area is 222 Å². The van der Waals surface area contributed by atoms with Gasteiger partial charge in [0.25, 0.3) is 15.7 Å². The van der Waals surface area contributed by atoms with Crippen LogP contribution in [0.5, 0.6) is 0 Å². The summed E-state index contributed by atoms with van der Waals surface area (Å²) in [5.41, 5.74) is 1.33. The Morgan fingerprint density at radius 1 is 1.00 bits per heavy atom. The summed E-state index contributed by atoms with van der Waals surface area (Å²) < 4.78 is 28.2. The zero-order valence-electron chi connectivity index (χ0n) is 21.4. The Balaban J connectivity index is 2.07. The minimum Gasteiger partial charge on any atom is -0.355 e. The van der Waals surface area contributed by atoms with Gasteiger partial charge in [-0.3, -0.25) is 24.0 Å². The third-order valence-corrected chi connectivity index (χ3v) is 7.85. The van der Waals surface area contributed by atoms with Gasteiger partial charge in [0.1, 0.15) is 12.6 Å². The molecule has 0 fully saturated rings. The number of sulfonamides is 1. The smallest absolute Gasteiger partial charge is 0.271 e. The van der Waals surface area contributed by atoms with Crippen molar-refractivity contribution < 1.29 is 22.9 Å². The number of carbonyl (C=O) groups excluding carboxylic acids is 2. The van der Waals surface area contributed by atoms with Crippen LogP contribution in [0.3, 0.4) is 0 Å². The predicted molar refractivity (Wildman–Crippen MR) is 144 cm³/mol. The van der Waals surface area contributed by atoms with E-state index in [0.717, 1.165) is 21.5 Å². The molecule has 200 valence electrons. The van der Waals surface area contributed by atoms with E-state index in [9.17, 15) is 28.1 Å². The molecule has 0 spiro atoms. The highest BCUT2D eigenvalue weighted by atomic mass is 32.2. The van der Waals surface area contributed by atoms with E-state index < -0.39 is 33.4 Å². The molecule has 0 saturated heterocycles. The molecule has 1 atom stereocenters. The van der Waals surface area contributed by atoms with Crippen LogP contribution in [0.4, 0.5) is 11.4 Å². The quantitative estimate of drug-likeness (QED) is 0.293. The number of amides is 2. The Hall–Kier alpha value is -4.25. The number of non-ortho nitro benzene ring substituents is 1. The number of benzene rings is 3. The fourth-order valence-corrected chi connectivity index (χ4v) is 5.31. The fraction of sp³-hybridized carbons (Fsp3) is 0.259. The lowest BCUT2D eigenvalue weighted by Crippen LogP contribution is -2.51. The summed E-state index contributed by atoms with van der Waals surface area (Å²) in [4.78, 5) is 38.5. The largest absolute Gasteiger partial charge is 0.355 e. The van der Waals surface area contributed by atoms with Gasteiger partial charge in [-0.15, -0.1) is 0 Å². The number of nitrogens with zero attached hydrogens (tertiary/aromatic N) is 3. The zero-order valence-corrected chi connectivity index (χ0v) is 22.2. The Morgan fingerprint density at radius 3 is 2.29 bits per heavy atom. The molecular formula is C27H30N4O6S. The summed E-state index contributed by atoms with van der Waals surface area (Å²) in [5.74, 6) is -1.03. The van der Waals surface area contributed by atoms with Crippen LogP contribution < -0.4 is 9.62 Å². The highest BCUT2D eigenvalue weighted by molar-refractivity contribution is 7.92. The van der Waals surface area contributed by atoms with Crippen molar-refractivity contribution in [3.05, 3.63) is 100 Å². The van der Waals surface area contributed by atoms with Gasteiger partial charge in [-0.25, -0.2) is 8.42 Å². The van der Waals surface area contributed by atoms with E-state index in [0.29, 0.717) is 6.54 Å². The SMILES string of the molecule is CCNC(=O)[C@@H](C)N(Cc1ccccc1C)C(=O)CN(c1cccc([N+](=O)[O-])c1)S(=O)(=O)c1ccccc1. The average Bonchev–Trinajstić information content (AvgIpc) is 2.91. The molecule has 11 heteroatoms. The van der Waals surface area contributed by atoms with Gasteiger partial charge in [0.05, 0.1) is 15.5 Å². The Morgan fingerprint density at radius 2 is 1.66 bits per heavy atom. The van der Waals surface area contributed by atoms with E-state index in [4.69, 9.17) is 0 Å². The van der Waals surface area contributed by atoms with Gasteiger partial charge in [-0.2, -0.15) is 0 Å². The van der Waals surface area contributed by atoms with Gasteiger partial charge >= 0.3 is 0 Å². The summed E-state index contributed by atoms with van der Waals surface area (Å²) in [7, 11) is -4.30. The third-order valence-electron chi connectivity index (χ3n) is 6.06. The van der Waals surface area contributed by atoms with Crippen molar-refractivity contribution in [1.82, 2.24) is 10.2 Å². The van der Waals surface area contributed by atoms with Gasteiger partial charge in [0.15, 0.2) is 0 Å². The number of nitro groups is 1. The standard InChI is InChI=1S/C27H30N4O6S/c1-4-28-27(33)21(3)29(18-22-12-9-8-11-20(22)2)26(32)19-30(23-13-10-14-24(17-23)31(34)35)38(36,37)25-15-6-5-7-16-25/h5-17,21H,4,18-19H2,1-3H3,(H,28,33)/t21-/m1/s1. The zero-order chi connectivity index (χ0) is 27.9. The van der Waals surface area contributed by atoms with Gasteiger partial charge in [0.2, 0.25) is 11.8 Å².